The minimum absolute atomic E-state index is 0.251. The number of fused-ring (bicyclic) bond motifs is 1. The predicted octanol–water partition coefficient (Wildman–Crippen LogP) is 2.85. The van der Waals surface area contributed by atoms with E-state index >= 15 is 0 Å². The smallest absolute Gasteiger partial charge is 0.237 e. The van der Waals surface area contributed by atoms with Crippen molar-refractivity contribution >= 4 is 5.91 Å². The van der Waals surface area contributed by atoms with Crippen molar-refractivity contribution in [2.75, 3.05) is 33.9 Å². The first-order valence-corrected chi connectivity index (χ1v) is 9.41. The van der Waals surface area contributed by atoms with Crippen molar-refractivity contribution in [3.63, 3.8) is 0 Å². The number of hydrogen-bond acceptors (Lipinski definition) is 4. The number of methoxy groups -OCH3 is 2. The van der Waals surface area contributed by atoms with Crippen LogP contribution in [0, 0.1) is 0 Å². The van der Waals surface area contributed by atoms with Crippen molar-refractivity contribution in [1.29, 1.82) is 0 Å². The molecule has 2 aliphatic rings. The molecule has 1 saturated heterocycles. The molecule has 5 heteroatoms. The third-order valence-corrected chi connectivity index (χ3v) is 5.63. The summed E-state index contributed by atoms with van der Waals surface area (Å²) in [4.78, 5) is 17.2. The van der Waals surface area contributed by atoms with Gasteiger partial charge in [0, 0.05) is 19.1 Å². The zero-order valence-corrected chi connectivity index (χ0v) is 15.7. The van der Waals surface area contributed by atoms with E-state index in [-0.39, 0.29) is 5.91 Å². The number of nitrogens with zero attached hydrogens (tertiary/aromatic N) is 2. The molecule has 0 bridgehead atoms. The SMILES string of the molecule is CCC1CCCCN1CC(=O)N1CCc2cc(OC)c(OC)cc2C1. The van der Waals surface area contributed by atoms with Crippen molar-refractivity contribution in [2.45, 2.75) is 51.6 Å². The summed E-state index contributed by atoms with van der Waals surface area (Å²) >= 11 is 0. The van der Waals surface area contributed by atoms with Gasteiger partial charge in [-0.3, -0.25) is 9.69 Å². The van der Waals surface area contributed by atoms with Crippen LogP contribution >= 0.6 is 0 Å². The van der Waals surface area contributed by atoms with Crippen LogP contribution in [0.2, 0.25) is 0 Å². The maximum Gasteiger partial charge on any atom is 0.237 e. The number of carbonyl (C=O) groups is 1. The molecule has 0 N–H and O–H groups in total. The number of carbonyl (C=O) groups excluding carboxylic acids is 1. The number of ether oxygens (including phenoxy) is 2. The Labute approximate surface area is 150 Å². The molecule has 5 nitrogen and oxygen atoms in total. The fraction of sp³-hybridized carbons (Fsp3) is 0.650. The summed E-state index contributed by atoms with van der Waals surface area (Å²) in [5.74, 6) is 1.75. The van der Waals surface area contributed by atoms with Crippen LogP contribution in [0.15, 0.2) is 12.1 Å². The van der Waals surface area contributed by atoms with Gasteiger partial charge in [0.2, 0.25) is 5.91 Å². The van der Waals surface area contributed by atoms with Gasteiger partial charge in [-0.1, -0.05) is 13.3 Å². The van der Waals surface area contributed by atoms with Gasteiger partial charge in [-0.15, -0.1) is 0 Å². The molecule has 1 aromatic carbocycles. The molecule has 0 aliphatic carbocycles. The highest BCUT2D eigenvalue weighted by molar-refractivity contribution is 5.78. The van der Waals surface area contributed by atoms with E-state index in [1.54, 1.807) is 14.2 Å². The van der Waals surface area contributed by atoms with Crippen LogP contribution in [0.3, 0.4) is 0 Å². The Balaban J connectivity index is 1.68. The Hall–Kier alpha value is -1.75. The largest absolute Gasteiger partial charge is 0.493 e. The average molecular weight is 346 g/mol. The summed E-state index contributed by atoms with van der Waals surface area (Å²) in [6.07, 6.45) is 5.74. The van der Waals surface area contributed by atoms with Crippen LogP contribution in [0.1, 0.15) is 43.7 Å². The van der Waals surface area contributed by atoms with E-state index in [4.69, 9.17) is 9.47 Å². The summed E-state index contributed by atoms with van der Waals surface area (Å²) in [5.41, 5.74) is 2.43. The first kappa shape index (κ1) is 18.1. The fourth-order valence-corrected chi connectivity index (χ4v) is 4.10. The van der Waals surface area contributed by atoms with E-state index < -0.39 is 0 Å². The highest BCUT2D eigenvalue weighted by Crippen LogP contribution is 2.33. The molecule has 2 aliphatic heterocycles. The number of piperidine rings is 1. The molecule has 0 spiro atoms. The van der Waals surface area contributed by atoms with Gasteiger partial charge < -0.3 is 14.4 Å². The van der Waals surface area contributed by atoms with Crippen LogP contribution in [0.4, 0.5) is 0 Å². The van der Waals surface area contributed by atoms with Crippen molar-refractivity contribution in [3.05, 3.63) is 23.3 Å². The molecular formula is C20H30N2O3. The molecule has 0 saturated carbocycles. The van der Waals surface area contributed by atoms with Gasteiger partial charge in [-0.25, -0.2) is 0 Å². The van der Waals surface area contributed by atoms with Crippen LogP contribution in [-0.4, -0.2) is 55.6 Å². The van der Waals surface area contributed by atoms with Crippen molar-refractivity contribution in [3.8, 4) is 11.5 Å². The van der Waals surface area contributed by atoms with Gasteiger partial charge in [-0.05, 0) is 55.5 Å². The lowest BCUT2D eigenvalue weighted by molar-refractivity contribution is -0.134. The van der Waals surface area contributed by atoms with E-state index in [0.29, 0.717) is 19.1 Å². The van der Waals surface area contributed by atoms with Crippen LogP contribution in [-0.2, 0) is 17.8 Å². The Kier molecular flexibility index (Phi) is 5.84. The molecule has 2 heterocycles. The second-order valence-electron chi connectivity index (χ2n) is 7.07. The second-order valence-corrected chi connectivity index (χ2v) is 7.07. The standard InChI is InChI=1S/C20H30N2O3/c1-4-17-7-5-6-9-21(17)14-20(23)22-10-8-15-11-18(24-2)19(25-3)12-16(15)13-22/h11-12,17H,4-10,13-14H2,1-3H3. The summed E-state index contributed by atoms with van der Waals surface area (Å²) < 4.78 is 10.8. The second kappa shape index (κ2) is 8.09. The van der Waals surface area contributed by atoms with Crippen LogP contribution in [0.25, 0.3) is 0 Å². The van der Waals surface area contributed by atoms with Gasteiger partial charge >= 0.3 is 0 Å². The van der Waals surface area contributed by atoms with Crippen molar-refractivity contribution < 1.29 is 14.3 Å². The summed E-state index contributed by atoms with van der Waals surface area (Å²) in [6, 6.07) is 4.64. The number of hydrogen-bond donors (Lipinski definition) is 0. The van der Waals surface area contributed by atoms with Crippen molar-refractivity contribution in [1.82, 2.24) is 9.80 Å². The highest BCUT2D eigenvalue weighted by atomic mass is 16.5. The highest BCUT2D eigenvalue weighted by Gasteiger charge is 2.27. The third-order valence-electron chi connectivity index (χ3n) is 5.63. The average Bonchev–Trinajstić information content (AvgIpc) is 2.66. The van der Waals surface area contributed by atoms with Gasteiger partial charge in [0.25, 0.3) is 0 Å². The topological polar surface area (TPSA) is 42.0 Å². The Morgan fingerprint density at radius 3 is 2.52 bits per heavy atom. The predicted molar refractivity (Wildman–Crippen MR) is 98.2 cm³/mol. The Morgan fingerprint density at radius 1 is 1.12 bits per heavy atom. The van der Waals surface area contributed by atoms with Crippen molar-refractivity contribution in [2.24, 2.45) is 0 Å². The van der Waals surface area contributed by atoms with E-state index in [1.165, 1.54) is 30.4 Å². The number of rotatable bonds is 5. The summed E-state index contributed by atoms with van der Waals surface area (Å²) in [5, 5.41) is 0. The molecule has 25 heavy (non-hydrogen) atoms. The van der Waals surface area contributed by atoms with Gasteiger partial charge in [0.1, 0.15) is 0 Å². The fourth-order valence-electron chi connectivity index (χ4n) is 4.10. The van der Waals surface area contributed by atoms with Gasteiger partial charge in [0.15, 0.2) is 11.5 Å². The normalized spacial score (nSPS) is 20.9. The van der Waals surface area contributed by atoms with E-state index in [1.807, 2.05) is 17.0 Å². The van der Waals surface area contributed by atoms with Crippen LogP contribution < -0.4 is 9.47 Å². The monoisotopic (exact) mass is 346 g/mol. The molecular weight excluding hydrogens is 316 g/mol. The minimum Gasteiger partial charge on any atom is -0.493 e. The number of amides is 1. The maximum absolute atomic E-state index is 12.8. The molecule has 1 fully saturated rings. The van der Waals surface area contributed by atoms with E-state index in [2.05, 4.69) is 11.8 Å². The molecule has 138 valence electrons. The maximum atomic E-state index is 12.8. The molecule has 1 unspecified atom stereocenters. The zero-order chi connectivity index (χ0) is 17.8. The third kappa shape index (κ3) is 3.92. The first-order chi connectivity index (χ1) is 12.2. The molecule has 0 radical (unpaired) electrons. The van der Waals surface area contributed by atoms with E-state index in [0.717, 1.165) is 37.4 Å². The first-order valence-electron chi connectivity index (χ1n) is 9.41. The minimum atomic E-state index is 0.251. The molecule has 1 amide bonds. The molecule has 1 aromatic rings. The van der Waals surface area contributed by atoms with E-state index in [9.17, 15) is 4.79 Å². The summed E-state index contributed by atoms with van der Waals surface area (Å²) in [7, 11) is 3.31. The van der Waals surface area contributed by atoms with Gasteiger partial charge in [-0.2, -0.15) is 0 Å². The van der Waals surface area contributed by atoms with Crippen LogP contribution in [0.5, 0.6) is 11.5 Å². The van der Waals surface area contributed by atoms with Gasteiger partial charge in [0.05, 0.1) is 20.8 Å². The molecule has 0 aromatic heterocycles. The zero-order valence-electron chi connectivity index (χ0n) is 15.7. The number of benzene rings is 1. The quantitative estimate of drug-likeness (QED) is 0.822. The molecule has 3 rings (SSSR count). The Bertz CT molecular complexity index is 617. The lowest BCUT2D eigenvalue weighted by Gasteiger charge is -2.37. The summed E-state index contributed by atoms with van der Waals surface area (Å²) in [6.45, 7) is 5.29. The lowest BCUT2D eigenvalue weighted by Crippen LogP contribution is -2.47. The molecule has 1 atom stereocenters. The Morgan fingerprint density at radius 2 is 1.84 bits per heavy atom. The lowest BCUT2D eigenvalue weighted by atomic mass is 9.98. The number of likely N-dealkylation sites (tertiary alicyclic amines) is 1.